The van der Waals surface area contributed by atoms with Crippen molar-refractivity contribution in [1.29, 1.82) is 0 Å². The van der Waals surface area contributed by atoms with E-state index in [0.717, 1.165) is 16.7 Å². The van der Waals surface area contributed by atoms with Gasteiger partial charge in [-0.25, -0.2) is 0 Å². The van der Waals surface area contributed by atoms with Gasteiger partial charge in [-0.05, 0) is 71.1 Å². The van der Waals surface area contributed by atoms with Crippen LogP contribution in [0.15, 0.2) is 91.0 Å². The van der Waals surface area contributed by atoms with Crippen molar-refractivity contribution in [3.8, 4) is 0 Å². The molecule has 0 saturated carbocycles. The largest absolute Gasteiger partial charge is 0.408 e. The van der Waals surface area contributed by atoms with Gasteiger partial charge in [-0.3, -0.25) is 0 Å². The molecule has 0 N–H and O–H groups in total. The fourth-order valence-electron chi connectivity index (χ4n) is 5.66. The Bertz CT molecular complexity index is 1410. The van der Waals surface area contributed by atoms with E-state index < -0.39 is 49.1 Å². The zero-order valence-electron chi connectivity index (χ0n) is 33.7. The third-order valence-electron chi connectivity index (χ3n) is 12.0. The first-order valence-corrected chi connectivity index (χ1v) is 27.1. The summed E-state index contributed by atoms with van der Waals surface area (Å²) in [7, 11) is -6.88. The SMILES string of the molecule is CC(C)(C)[Si](C)(C)O[C@@H]1O[C@H](COC(c2ccccc2)(c2ccccc2)c2ccccc2)[C@@H](O[Si](C)(C)C(C)(C)C)[C@H]1O[Si](C)(C)C(C)(C)C. The zero-order chi connectivity index (χ0) is 37.4. The predicted molar refractivity (Wildman–Crippen MR) is 216 cm³/mol. The molecule has 4 rings (SSSR count). The molecule has 1 aliphatic heterocycles. The van der Waals surface area contributed by atoms with Gasteiger partial charge in [0.05, 0.1) is 6.61 Å². The smallest absolute Gasteiger partial charge is 0.195 e. The molecule has 3 aromatic rings. The normalized spacial score (nSPS) is 21.4. The van der Waals surface area contributed by atoms with Crippen molar-refractivity contribution >= 4 is 25.0 Å². The van der Waals surface area contributed by atoms with Crippen LogP contribution in [0.2, 0.25) is 54.4 Å². The standard InChI is InChI=1S/C42H66O5Si3/c1-39(2,3)48(10,11)45-36-35(44-38(47-50(14,15)41(7,8)9)37(36)46-49(12,13)40(4,5)6)31-43-42(32-25-19-16-20-26-32,33-27-21-17-22-28-33)34-29-23-18-24-30-34/h16-30,35-38H,31H2,1-15H3/t35-,36-,37-,38+/m1/s1. The van der Waals surface area contributed by atoms with Crippen LogP contribution in [0.25, 0.3) is 0 Å². The van der Waals surface area contributed by atoms with Crippen molar-refractivity contribution in [1.82, 2.24) is 0 Å². The van der Waals surface area contributed by atoms with E-state index >= 15 is 0 Å². The van der Waals surface area contributed by atoms with Crippen LogP contribution in [-0.2, 0) is 28.4 Å². The number of rotatable bonds is 12. The Kier molecular flexibility index (Phi) is 12.1. The minimum atomic E-state index is -2.31. The molecule has 0 aromatic heterocycles. The van der Waals surface area contributed by atoms with Crippen LogP contribution < -0.4 is 0 Å². The van der Waals surface area contributed by atoms with Crippen LogP contribution in [0.5, 0.6) is 0 Å². The Morgan fingerprint density at radius 1 is 0.480 bits per heavy atom. The Hall–Kier alpha value is -1.89. The summed E-state index contributed by atoms with van der Waals surface area (Å²) in [6.07, 6.45) is -1.77. The molecule has 0 spiro atoms. The van der Waals surface area contributed by atoms with Gasteiger partial charge in [-0.2, -0.15) is 0 Å². The molecule has 4 atom stereocenters. The summed E-state index contributed by atoms with van der Waals surface area (Å²) in [4.78, 5) is 0. The van der Waals surface area contributed by atoms with E-state index in [0.29, 0.717) is 0 Å². The van der Waals surface area contributed by atoms with Crippen molar-refractivity contribution < 1.29 is 22.8 Å². The number of hydrogen-bond donors (Lipinski definition) is 0. The van der Waals surface area contributed by atoms with Crippen LogP contribution in [0.4, 0.5) is 0 Å². The molecule has 0 amide bonds. The lowest BCUT2D eigenvalue weighted by Gasteiger charge is -2.45. The average molecular weight is 735 g/mol. The van der Waals surface area contributed by atoms with Gasteiger partial charge in [0, 0.05) is 0 Å². The van der Waals surface area contributed by atoms with Crippen LogP contribution in [-0.4, -0.2) is 56.2 Å². The topological polar surface area (TPSA) is 46.2 Å². The Morgan fingerprint density at radius 2 is 0.800 bits per heavy atom. The molecular formula is C42H66O5Si3. The molecule has 50 heavy (non-hydrogen) atoms. The molecule has 3 aromatic carbocycles. The fraction of sp³-hybridized carbons (Fsp3) is 0.571. The Labute approximate surface area is 307 Å². The number of hydrogen-bond acceptors (Lipinski definition) is 5. The van der Waals surface area contributed by atoms with Crippen LogP contribution in [0.1, 0.15) is 79.0 Å². The highest BCUT2D eigenvalue weighted by Crippen LogP contribution is 2.47. The van der Waals surface area contributed by atoms with E-state index in [1.807, 2.05) is 0 Å². The van der Waals surface area contributed by atoms with Crippen molar-refractivity contribution in [2.75, 3.05) is 6.61 Å². The monoisotopic (exact) mass is 734 g/mol. The minimum Gasteiger partial charge on any atom is -0.408 e. The summed E-state index contributed by atoms with van der Waals surface area (Å²) < 4.78 is 36.5. The second-order valence-electron chi connectivity index (χ2n) is 18.7. The highest BCUT2D eigenvalue weighted by Gasteiger charge is 2.56. The lowest BCUT2D eigenvalue weighted by molar-refractivity contribution is -0.136. The first kappa shape index (κ1) is 40.9. The molecule has 0 bridgehead atoms. The molecule has 0 aliphatic carbocycles. The lowest BCUT2D eigenvalue weighted by Crippen LogP contribution is -2.56. The van der Waals surface area contributed by atoms with Gasteiger partial charge in [0.1, 0.15) is 23.9 Å². The highest BCUT2D eigenvalue weighted by molar-refractivity contribution is 6.75. The summed E-state index contributed by atoms with van der Waals surface area (Å²) in [5.41, 5.74) is 2.28. The van der Waals surface area contributed by atoms with Crippen molar-refractivity contribution in [2.45, 2.75) is 147 Å². The summed E-state index contributed by atoms with van der Waals surface area (Å²) in [5, 5.41) is -0.0285. The number of benzene rings is 3. The molecule has 5 nitrogen and oxygen atoms in total. The highest BCUT2D eigenvalue weighted by atomic mass is 28.4. The van der Waals surface area contributed by atoms with Crippen molar-refractivity contribution in [3.05, 3.63) is 108 Å². The first-order chi connectivity index (χ1) is 22.9. The molecule has 1 saturated heterocycles. The van der Waals surface area contributed by atoms with Crippen LogP contribution >= 0.6 is 0 Å². The minimum absolute atomic E-state index is 0.00623. The van der Waals surface area contributed by atoms with Gasteiger partial charge < -0.3 is 22.8 Å². The molecular weight excluding hydrogens is 669 g/mol. The second kappa shape index (κ2) is 14.9. The first-order valence-electron chi connectivity index (χ1n) is 18.4. The lowest BCUT2D eigenvalue weighted by atomic mass is 9.80. The fourth-order valence-corrected chi connectivity index (χ4v) is 9.39. The second-order valence-corrected chi connectivity index (χ2v) is 33.0. The average Bonchev–Trinajstić information content (AvgIpc) is 3.30. The molecule has 1 heterocycles. The maximum absolute atomic E-state index is 7.43. The molecule has 8 heteroatoms. The number of ether oxygens (including phenoxy) is 2. The summed E-state index contributed by atoms with van der Waals surface area (Å²) in [6.45, 7) is 34.7. The van der Waals surface area contributed by atoms with Crippen LogP contribution in [0.3, 0.4) is 0 Å². The van der Waals surface area contributed by atoms with E-state index in [1.54, 1.807) is 0 Å². The quantitative estimate of drug-likeness (QED) is 0.137. The maximum atomic E-state index is 7.43. The van der Waals surface area contributed by atoms with E-state index in [9.17, 15) is 0 Å². The maximum Gasteiger partial charge on any atom is 0.195 e. The summed E-state index contributed by atoms with van der Waals surface area (Å²) in [6, 6.07) is 31.6. The predicted octanol–water partition coefficient (Wildman–Crippen LogP) is 11.5. The van der Waals surface area contributed by atoms with E-state index in [1.165, 1.54) is 0 Å². The zero-order valence-corrected chi connectivity index (χ0v) is 36.7. The van der Waals surface area contributed by atoms with E-state index in [4.69, 9.17) is 22.8 Å². The van der Waals surface area contributed by atoms with Crippen LogP contribution in [0, 0.1) is 0 Å². The van der Waals surface area contributed by atoms with Gasteiger partial charge in [0.2, 0.25) is 0 Å². The molecule has 0 unspecified atom stereocenters. The summed E-state index contributed by atoms with van der Waals surface area (Å²) >= 11 is 0. The third kappa shape index (κ3) is 8.66. The van der Waals surface area contributed by atoms with Crippen molar-refractivity contribution in [3.63, 3.8) is 0 Å². The third-order valence-corrected chi connectivity index (χ3v) is 25.3. The molecule has 1 aliphatic rings. The van der Waals surface area contributed by atoms with Gasteiger partial charge in [0.15, 0.2) is 31.2 Å². The van der Waals surface area contributed by atoms with Gasteiger partial charge in [-0.15, -0.1) is 0 Å². The van der Waals surface area contributed by atoms with E-state index in [2.05, 4.69) is 193 Å². The Balaban J connectivity index is 1.88. The van der Waals surface area contributed by atoms with Gasteiger partial charge in [-0.1, -0.05) is 153 Å². The summed E-state index contributed by atoms with van der Waals surface area (Å²) in [5.74, 6) is 0. The van der Waals surface area contributed by atoms with E-state index in [-0.39, 0.29) is 27.8 Å². The molecule has 0 radical (unpaired) electrons. The molecule has 1 fully saturated rings. The van der Waals surface area contributed by atoms with Gasteiger partial charge >= 0.3 is 0 Å². The molecule has 276 valence electrons. The van der Waals surface area contributed by atoms with Gasteiger partial charge in [0.25, 0.3) is 0 Å². The van der Waals surface area contributed by atoms with Crippen molar-refractivity contribution in [2.24, 2.45) is 0 Å². The Morgan fingerprint density at radius 3 is 1.14 bits per heavy atom.